The summed E-state index contributed by atoms with van der Waals surface area (Å²) in [6.45, 7) is 8.98. The van der Waals surface area contributed by atoms with Crippen LogP contribution in [-0.4, -0.2) is 75.5 Å². The van der Waals surface area contributed by atoms with Gasteiger partial charge in [-0.3, -0.25) is 14.5 Å². The van der Waals surface area contributed by atoms with Gasteiger partial charge >= 0.3 is 12.2 Å². The molecule has 0 unspecified atom stereocenters. The van der Waals surface area contributed by atoms with Crippen LogP contribution in [0.5, 0.6) is 0 Å². The molecule has 0 bridgehead atoms. The molecular formula is C35H40N6O6. The normalized spacial score (nSPS) is 11.7. The highest BCUT2D eigenvalue weighted by Gasteiger charge is 2.29. The van der Waals surface area contributed by atoms with Crippen LogP contribution in [0.1, 0.15) is 40.2 Å². The molecule has 0 aliphatic carbocycles. The summed E-state index contributed by atoms with van der Waals surface area (Å²) in [6.07, 6.45) is 0.474. The number of hydrogen-bond acceptors (Lipinski definition) is 8. The van der Waals surface area contributed by atoms with Gasteiger partial charge in [0.15, 0.2) is 0 Å². The molecule has 0 saturated heterocycles. The molecule has 0 radical (unpaired) electrons. The third-order valence-electron chi connectivity index (χ3n) is 7.02. The summed E-state index contributed by atoms with van der Waals surface area (Å²) in [5.41, 5.74) is 2.55. The van der Waals surface area contributed by atoms with Crippen molar-refractivity contribution in [3.63, 3.8) is 0 Å². The van der Waals surface area contributed by atoms with E-state index >= 15 is 0 Å². The van der Waals surface area contributed by atoms with Crippen molar-refractivity contribution in [2.45, 2.75) is 52.9 Å². The third-order valence-corrected chi connectivity index (χ3v) is 7.02. The van der Waals surface area contributed by atoms with Crippen LogP contribution in [0.2, 0.25) is 0 Å². The van der Waals surface area contributed by atoms with Crippen molar-refractivity contribution in [2.24, 2.45) is 0 Å². The molecule has 2 aromatic heterocycles. The van der Waals surface area contributed by atoms with Gasteiger partial charge in [0.25, 0.3) is 0 Å². The van der Waals surface area contributed by atoms with Crippen molar-refractivity contribution in [3.05, 3.63) is 84.6 Å². The van der Waals surface area contributed by atoms with E-state index in [-0.39, 0.29) is 19.1 Å². The summed E-state index contributed by atoms with van der Waals surface area (Å²) in [5.74, 6) is -0.0887. The van der Waals surface area contributed by atoms with Crippen molar-refractivity contribution in [3.8, 4) is 11.1 Å². The molecule has 4 amide bonds. The summed E-state index contributed by atoms with van der Waals surface area (Å²) >= 11 is 0. The summed E-state index contributed by atoms with van der Waals surface area (Å²) in [7, 11) is 1.49. The second-order valence-electron chi connectivity index (χ2n) is 11.9. The Labute approximate surface area is 274 Å². The lowest BCUT2D eigenvalue weighted by atomic mass is 10.0. The summed E-state index contributed by atoms with van der Waals surface area (Å²) in [6, 6.07) is 21.2. The second-order valence-corrected chi connectivity index (χ2v) is 11.9. The Balaban J connectivity index is 1.33. The number of rotatable bonds is 10. The standard InChI is InChI=1S/C35H40N6O6/c1-7-41(34(45)47-35(3,4)5)23(2)32(43)39-30-18-14-26-19-25(13-16-28(26)37-30)27-15-17-29(36-20-27)38-31(42)21-40(6)33(44)46-22-24-11-9-8-10-12-24/h8-20,23H,7,21-22H2,1-6H3,(H,36,38,42)(H,37,39,43)/t23-/m0/s1. The lowest BCUT2D eigenvalue weighted by molar-refractivity contribution is -0.120. The zero-order valence-corrected chi connectivity index (χ0v) is 27.4. The highest BCUT2D eigenvalue weighted by atomic mass is 16.6. The maximum absolute atomic E-state index is 13.0. The number of amides is 4. The molecule has 4 rings (SSSR count). The molecule has 2 aromatic carbocycles. The van der Waals surface area contributed by atoms with Gasteiger partial charge in [-0.05, 0) is 82.1 Å². The number of pyridine rings is 2. The number of fused-ring (bicyclic) bond motifs is 1. The fourth-order valence-corrected chi connectivity index (χ4v) is 4.56. The lowest BCUT2D eigenvalue weighted by Crippen LogP contribution is -2.47. The minimum Gasteiger partial charge on any atom is -0.445 e. The zero-order chi connectivity index (χ0) is 34.1. The van der Waals surface area contributed by atoms with Gasteiger partial charge in [-0.1, -0.05) is 36.4 Å². The molecule has 47 heavy (non-hydrogen) atoms. The zero-order valence-electron chi connectivity index (χ0n) is 27.4. The van der Waals surface area contributed by atoms with Gasteiger partial charge in [-0.15, -0.1) is 0 Å². The van der Waals surface area contributed by atoms with Gasteiger partial charge in [-0.2, -0.15) is 0 Å². The van der Waals surface area contributed by atoms with Gasteiger partial charge in [0.2, 0.25) is 11.8 Å². The first-order valence-electron chi connectivity index (χ1n) is 15.2. The number of ether oxygens (including phenoxy) is 2. The van der Waals surface area contributed by atoms with Crippen LogP contribution in [0.25, 0.3) is 22.0 Å². The Morgan fingerprint density at radius 3 is 2.23 bits per heavy atom. The molecule has 0 fully saturated rings. The van der Waals surface area contributed by atoms with E-state index in [0.29, 0.717) is 23.7 Å². The average Bonchev–Trinajstić information content (AvgIpc) is 3.03. The van der Waals surface area contributed by atoms with Crippen molar-refractivity contribution in [1.82, 2.24) is 19.8 Å². The first-order valence-corrected chi connectivity index (χ1v) is 15.2. The number of hydrogen-bond donors (Lipinski definition) is 2. The van der Waals surface area contributed by atoms with E-state index in [1.165, 1.54) is 16.8 Å². The summed E-state index contributed by atoms with van der Waals surface area (Å²) in [5, 5.41) is 6.33. The van der Waals surface area contributed by atoms with Crippen LogP contribution in [0, 0.1) is 0 Å². The van der Waals surface area contributed by atoms with E-state index in [1.54, 1.807) is 52.9 Å². The van der Waals surface area contributed by atoms with Crippen LogP contribution in [0.15, 0.2) is 79.0 Å². The highest BCUT2D eigenvalue weighted by molar-refractivity contribution is 5.97. The number of likely N-dealkylation sites (N-methyl/N-ethyl adjacent to an activating group) is 2. The summed E-state index contributed by atoms with van der Waals surface area (Å²) < 4.78 is 10.7. The molecule has 0 saturated carbocycles. The fraction of sp³-hybridized carbons (Fsp3) is 0.314. The van der Waals surface area contributed by atoms with Gasteiger partial charge in [0.05, 0.1) is 5.52 Å². The van der Waals surface area contributed by atoms with Crippen LogP contribution >= 0.6 is 0 Å². The number of nitrogens with zero attached hydrogens (tertiary/aromatic N) is 4. The smallest absolute Gasteiger partial charge is 0.410 e. The Hall–Kier alpha value is -5.52. The van der Waals surface area contributed by atoms with Crippen LogP contribution in [0.3, 0.4) is 0 Å². The predicted octanol–water partition coefficient (Wildman–Crippen LogP) is 6.09. The van der Waals surface area contributed by atoms with Crippen LogP contribution in [-0.2, 0) is 25.7 Å². The second kappa shape index (κ2) is 15.2. The fourth-order valence-electron chi connectivity index (χ4n) is 4.56. The largest absolute Gasteiger partial charge is 0.445 e. The van der Waals surface area contributed by atoms with E-state index < -0.39 is 29.7 Å². The topological polar surface area (TPSA) is 143 Å². The Kier molecular flexibility index (Phi) is 11.1. The minimum absolute atomic E-state index is 0.117. The SMILES string of the molecule is CCN(C(=O)OC(C)(C)C)[C@@H](C)C(=O)Nc1ccc2cc(-c3ccc(NC(=O)CN(C)C(=O)OCc4ccccc4)nc3)ccc2n1. The van der Waals surface area contributed by atoms with Crippen molar-refractivity contribution in [1.29, 1.82) is 0 Å². The molecule has 1 atom stereocenters. The highest BCUT2D eigenvalue weighted by Crippen LogP contribution is 2.25. The monoisotopic (exact) mass is 640 g/mol. The number of nitrogens with one attached hydrogen (secondary N) is 2. The quantitative estimate of drug-likeness (QED) is 0.212. The van der Waals surface area contributed by atoms with Gasteiger partial charge in [0.1, 0.15) is 36.4 Å². The molecule has 12 heteroatoms. The summed E-state index contributed by atoms with van der Waals surface area (Å²) in [4.78, 5) is 61.8. The molecule has 4 aromatic rings. The average molecular weight is 641 g/mol. The van der Waals surface area contributed by atoms with E-state index in [1.807, 2.05) is 60.7 Å². The molecule has 2 N–H and O–H groups in total. The van der Waals surface area contributed by atoms with Crippen LogP contribution < -0.4 is 10.6 Å². The lowest BCUT2D eigenvalue weighted by Gasteiger charge is -2.30. The van der Waals surface area contributed by atoms with E-state index in [0.717, 1.165) is 22.1 Å². The maximum Gasteiger partial charge on any atom is 0.410 e. The maximum atomic E-state index is 13.0. The van der Waals surface area contributed by atoms with E-state index in [2.05, 4.69) is 20.6 Å². The third kappa shape index (κ3) is 9.73. The minimum atomic E-state index is -0.766. The van der Waals surface area contributed by atoms with Crippen molar-refractivity contribution >= 4 is 46.5 Å². The molecule has 0 spiro atoms. The van der Waals surface area contributed by atoms with Crippen molar-refractivity contribution < 1.29 is 28.7 Å². The Morgan fingerprint density at radius 1 is 0.872 bits per heavy atom. The molecule has 0 aliphatic heterocycles. The number of benzene rings is 2. The molecule has 12 nitrogen and oxygen atoms in total. The van der Waals surface area contributed by atoms with Gasteiger partial charge < -0.3 is 25.0 Å². The van der Waals surface area contributed by atoms with Crippen LogP contribution in [0.4, 0.5) is 21.2 Å². The van der Waals surface area contributed by atoms with E-state index in [9.17, 15) is 19.2 Å². The number of carbonyl (C=O) groups is 4. The first-order chi connectivity index (χ1) is 22.3. The Morgan fingerprint density at radius 2 is 1.57 bits per heavy atom. The molecule has 2 heterocycles. The molecule has 0 aliphatic rings. The predicted molar refractivity (Wildman–Crippen MR) is 180 cm³/mol. The van der Waals surface area contributed by atoms with Gasteiger partial charge in [0, 0.05) is 30.7 Å². The molecular weight excluding hydrogens is 600 g/mol. The molecule has 246 valence electrons. The first kappa shape index (κ1) is 34.4. The van der Waals surface area contributed by atoms with Crippen molar-refractivity contribution in [2.75, 3.05) is 30.8 Å². The number of anilines is 2. The number of aromatic nitrogens is 2. The van der Waals surface area contributed by atoms with E-state index in [4.69, 9.17) is 9.47 Å². The van der Waals surface area contributed by atoms with Gasteiger partial charge in [-0.25, -0.2) is 19.6 Å². The Bertz CT molecular complexity index is 1720. The number of carbonyl (C=O) groups excluding carboxylic acids is 4.